The van der Waals surface area contributed by atoms with Crippen LogP contribution in [0.4, 0.5) is 5.69 Å². The molecule has 2 saturated carbocycles. The molecule has 2 atom stereocenters. The maximum Gasteiger partial charge on any atom is 0.251 e. The molecule has 34 heavy (non-hydrogen) atoms. The van der Waals surface area contributed by atoms with Crippen LogP contribution in [0.5, 0.6) is 0 Å². The monoisotopic (exact) mass is 456 g/mol. The van der Waals surface area contributed by atoms with Gasteiger partial charge in [-0.15, -0.1) is 0 Å². The predicted octanol–water partition coefficient (Wildman–Crippen LogP) is 4.40. The number of fused-ring (bicyclic) bond motifs is 1. The number of nitrogens with two attached hydrogens (primary N) is 1. The topological polar surface area (TPSA) is 87.8 Å². The van der Waals surface area contributed by atoms with Crippen molar-refractivity contribution in [2.75, 3.05) is 13.1 Å². The molecule has 0 radical (unpaired) electrons. The van der Waals surface area contributed by atoms with Crippen molar-refractivity contribution in [2.45, 2.75) is 51.0 Å². The Balaban J connectivity index is 1.31. The molecular weight excluding hydrogens is 424 g/mol. The number of rotatable bonds is 8. The summed E-state index contributed by atoms with van der Waals surface area (Å²) in [5.41, 5.74) is 10.1. The lowest BCUT2D eigenvalue weighted by Gasteiger charge is -2.23. The van der Waals surface area contributed by atoms with Gasteiger partial charge in [0.2, 0.25) is 5.91 Å². The molecule has 2 aromatic rings. The van der Waals surface area contributed by atoms with Crippen molar-refractivity contribution in [3.8, 4) is 0 Å². The average Bonchev–Trinajstić information content (AvgIpc) is 3.75. The fourth-order valence-electron chi connectivity index (χ4n) is 4.70. The van der Waals surface area contributed by atoms with E-state index in [0.717, 1.165) is 31.5 Å². The van der Waals surface area contributed by atoms with Crippen LogP contribution < -0.4 is 11.1 Å². The molecule has 0 saturated heterocycles. The SMILES string of the molecule is CCCN(CC1CC1)C(=O)C1=Cc2ccc(C(=O)NC3C[C@H]3c3ccccc3)cc2N=C(N)C1. The lowest BCUT2D eigenvalue weighted by molar-refractivity contribution is -0.127. The third-order valence-electron chi connectivity index (χ3n) is 6.82. The van der Waals surface area contributed by atoms with Gasteiger partial charge in [0.15, 0.2) is 0 Å². The molecule has 3 aliphatic rings. The number of carbonyl (C=O) groups is 2. The van der Waals surface area contributed by atoms with Gasteiger partial charge in [-0.25, -0.2) is 4.99 Å². The predicted molar refractivity (Wildman–Crippen MR) is 135 cm³/mol. The molecule has 1 unspecified atom stereocenters. The minimum absolute atomic E-state index is 0.0438. The molecule has 2 aliphatic carbocycles. The van der Waals surface area contributed by atoms with Crippen molar-refractivity contribution < 1.29 is 9.59 Å². The van der Waals surface area contributed by atoms with E-state index in [9.17, 15) is 9.59 Å². The smallest absolute Gasteiger partial charge is 0.251 e. The van der Waals surface area contributed by atoms with Gasteiger partial charge in [0.05, 0.1) is 5.69 Å². The van der Waals surface area contributed by atoms with E-state index in [-0.39, 0.29) is 17.9 Å². The van der Waals surface area contributed by atoms with Gasteiger partial charge in [0.1, 0.15) is 5.84 Å². The first-order valence-electron chi connectivity index (χ1n) is 12.3. The normalized spacial score (nSPS) is 21.0. The molecule has 5 rings (SSSR count). The van der Waals surface area contributed by atoms with Crippen LogP contribution in [0.2, 0.25) is 0 Å². The zero-order valence-corrected chi connectivity index (χ0v) is 19.7. The van der Waals surface area contributed by atoms with Crippen LogP contribution in [0.3, 0.4) is 0 Å². The molecule has 0 bridgehead atoms. The number of amidine groups is 1. The summed E-state index contributed by atoms with van der Waals surface area (Å²) in [4.78, 5) is 32.7. The van der Waals surface area contributed by atoms with Crippen LogP contribution in [-0.2, 0) is 4.79 Å². The highest BCUT2D eigenvalue weighted by atomic mass is 16.2. The molecule has 0 spiro atoms. The van der Waals surface area contributed by atoms with Gasteiger partial charge < -0.3 is 16.0 Å². The first kappa shape index (κ1) is 22.4. The fourth-order valence-corrected chi connectivity index (χ4v) is 4.70. The second-order valence-corrected chi connectivity index (χ2v) is 9.75. The largest absolute Gasteiger partial charge is 0.387 e. The Labute approximate surface area is 200 Å². The highest BCUT2D eigenvalue weighted by molar-refractivity contribution is 6.06. The van der Waals surface area contributed by atoms with E-state index in [1.165, 1.54) is 18.4 Å². The highest BCUT2D eigenvalue weighted by Gasteiger charge is 2.39. The van der Waals surface area contributed by atoms with Gasteiger partial charge in [0.25, 0.3) is 5.91 Å². The van der Waals surface area contributed by atoms with Crippen LogP contribution in [0.1, 0.15) is 66.4 Å². The summed E-state index contributed by atoms with van der Waals surface area (Å²) >= 11 is 0. The van der Waals surface area contributed by atoms with Crippen molar-refractivity contribution in [2.24, 2.45) is 16.6 Å². The second-order valence-electron chi connectivity index (χ2n) is 9.75. The Bertz CT molecular complexity index is 1150. The minimum Gasteiger partial charge on any atom is -0.387 e. The van der Waals surface area contributed by atoms with Crippen molar-refractivity contribution >= 4 is 29.4 Å². The van der Waals surface area contributed by atoms with Crippen molar-refractivity contribution in [1.29, 1.82) is 0 Å². The van der Waals surface area contributed by atoms with Gasteiger partial charge in [-0.3, -0.25) is 9.59 Å². The van der Waals surface area contributed by atoms with E-state index in [2.05, 4.69) is 29.4 Å². The number of carbonyl (C=O) groups excluding carboxylic acids is 2. The summed E-state index contributed by atoms with van der Waals surface area (Å²) in [5.74, 6) is 1.34. The van der Waals surface area contributed by atoms with E-state index < -0.39 is 0 Å². The maximum atomic E-state index is 13.3. The van der Waals surface area contributed by atoms with Gasteiger partial charge in [-0.05, 0) is 55.4 Å². The molecule has 2 amide bonds. The Morgan fingerprint density at radius 3 is 2.68 bits per heavy atom. The molecule has 1 heterocycles. The number of nitrogens with zero attached hydrogens (tertiary/aromatic N) is 2. The summed E-state index contributed by atoms with van der Waals surface area (Å²) < 4.78 is 0. The van der Waals surface area contributed by atoms with Gasteiger partial charge in [-0.2, -0.15) is 0 Å². The first-order valence-corrected chi connectivity index (χ1v) is 12.3. The second kappa shape index (κ2) is 9.45. The Morgan fingerprint density at radius 2 is 1.94 bits per heavy atom. The number of nitrogens with one attached hydrogen (secondary N) is 1. The van der Waals surface area contributed by atoms with Crippen LogP contribution in [-0.4, -0.2) is 41.7 Å². The Hall–Kier alpha value is -3.41. The van der Waals surface area contributed by atoms with Crippen molar-refractivity contribution in [1.82, 2.24) is 10.2 Å². The molecule has 2 fully saturated rings. The summed E-state index contributed by atoms with van der Waals surface area (Å²) in [7, 11) is 0. The molecule has 176 valence electrons. The minimum atomic E-state index is -0.108. The summed E-state index contributed by atoms with van der Waals surface area (Å²) in [6.45, 7) is 3.66. The summed E-state index contributed by atoms with van der Waals surface area (Å²) in [5, 5.41) is 3.14. The van der Waals surface area contributed by atoms with Crippen molar-refractivity contribution in [3.63, 3.8) is 0 Å². The number of amides is 2. The van der Waals surface area contributed by atoms with E-state index in [4.69, 9.17) is 5.73 Å². The lowest BCUT2D eigenvalue weighted by atomic mass is 10.0. The van der Waals surface area contributed by atoms with Crippen molar-refractivity contribution in [3.05, 3.63) is 70.8 Å². The van der Waals surface area contributed by atoms with Crippen LogP contribution in [0, 0.1) is 5.92 Å². The summed E-state index contributed by atoms with van der Waals surface area (Å²) in [6, 6.07) is 15.9. The molecule has 2 aromatic carbocycles. The average molecular weight is 457 g/mol. The number of hydrogen-bond acceptors (Lipinski definition) is 4. The first-order chi connectivity index (χ1) is 16.5. The Kier molecular flexibility index (Phi) is 6.22. The van der Waals surface area contributed by atoms with Crippen LogP contribution >= 0.6 is 0 Å². The molecule has 6 heteroatoms. The molecular formula is C28H32N4O2. The fraction of sp³-hybridized carbons (Fsp3) is 0.393. The third kappa shape index (κ3) is 5.06. The molecule has 6 nitrogen and oxygen atoms in total. The summed E-state index contributed by atoms with van der Waals surface area (Å²) in [6.07, 6.45) is 6.50. The number of aliphatic imine (C=N–C) groups is 1. The Morgan fingerprint density at radius 1 is 1.15 bits per heavy atom. The molecule has 0 aromatic heterocycles. The maximum absolute atomic E-state index is 13.3. The highest BCUT2D eigenvalue weighted by Crippen LogP contribution is 2.41. The number of benzene rings is 2. The van der Waals surface area contributed by atoms with E-state index in [1.807, 2.05) is 35.2 Å². The van der Waals surface area contributed by atoms with Crippen LogP contribution in [0.25, 0.3) is 6.08 Å². The lowest BCUT2D eigenvalue weighted by Crippen LogP contribution is -2.35. The standard InChI is InChI=1S/C28H32N4O2/c1-2-12-32(17-18-8-9-18)28(34)22-13-20-10-11-21(14-24(20)30-26(29)15-22)27(33)31-25-16-23(25)19-6-4-3-5-7-19/h3-7,10-11,13-14,18,23,25H,2,8-9,12,15-17H2,1H3,(H2,29,30)(H,31,33)/t23-,25?/m0/s1. The zero-order chi connectivity index (χ0) is 23.7. The van der Waals surface area contributed by atoms with E-state index in [0.29, 0.717) is 40.9 Å². The van der Waals surface area contributed by atoms with Gasteiger partial charge >= 0.3 is 0 Å². The quantitative estimate of drug-likeness (QED) is 0.617. The molecule has 3 N–H and O–H groups in total. The number of hydrogen-bond donors (Lipinski definition) is 2. The van der Waals surface area contributed by atoms with Crippen LogP contribution in [0.15, 0.2) is 59.1 Å². The third-order valence-corrected chi connectivity index (χ3v) is 6.82. The van der Waals surface area contributed by atoms with E-state index in [1.54, 1.807) is 12.1 Å². The molecule has 1 aliphatic heterocycles. The van der Waals surface area contributed by atoms with Gasteiger partial charge in [-0.1, -0.05) is 43.3 Å². The van der Waals surface area contributed by atoms with Gasteiger partial charge in [0, 0.05) is 48.2 Å². The zero-order valence-electron chi connectivity index (χ0n) is 19.7. The van der Waals surface area contributed by atoms with E-state index >= 15 is 0 Å².